The molecule has 0 aromatic rings. The molecule has 1 heterocycles. The van der Waals surface area contributed by atoms with E-state index in [1.54, 1.807) is 11.4 Å². The second-order valence-corrected chi connectivity index (χ2v) is 8.50. The standard InChI is InChI=1S/C14H28N2O2S/c1-12-4-6-14(7-5-12)16-10-8-13(9-11-16)15(2)19(3,17)18/h12-14H,4-11H2,1-3H3. The Morgan fingerprint density at radius 2 is 1.53 bits per heavy atom. The van der Waals surface area contributed by atoms with Gasteiger partial charge in [-0.25, -0.2) is 12.7 Å². The fraction of sp³-hybridized carbons (Fsp3) is 1.00. The quantitative estimate of drug-likeness (QED) is 0.796. The first-order valence-corrected chi connectivity index (χ1v) is 9.40. The molecule has 0 radical (unpaired) electrons. The molecule has 112 valence electrons. The lowest BCUT2D eigenvalue weighted by Gasteiger charge is -2.41. The SMILES string of the molecule is CC1CCC(N2CCC(N(C)S(C)(=O)=O)CC2)CC1. The first-order chi connectivity index (χ1) is 8.88. The molecular weight excluding hydrogens is 260 g/mol. The molecule has 0 atom stereocenters. The molecule has 1 saturated heterocycles. The van der Waals surface area contributed by atoms with Gasteiger partial charge in [-0.05, 0) is 57.5 Å². The van der Waals surface area contributed by atoms with E-state index in [9.17, 15) is 8.42 Å². The molecule has 1 aliphatic carbocycles. The highest BCUT2D eigenvalue weighted by atomic mass is 32.2. The summed E-state index contributed by atoms with van der Waals surface area (Å²) in [5.41, 5.74) is 0. The van der Waals surface area contributed by atoms with E-state index in [0.717, 1.165) is 37.9 Å². The summed E-state index contributed by atoms with van der Waals surface area (Å²) < 4.78 is 24.7. The van der Waals surface area contributed by atoms with Gasteiger partial charge in [0.25, 0.3) is 0 Å². The van der Waals surface area contributed by atoms with Crippen LogP contribution in [0.3, 0.4) is 0 Å². The summed E-state index contributed by atoms with van der Waals surface area (Å²) in [6, 6.07) is 0.953. The minimum atomic E-state index is -3.04. The molecular formula is C14H28N2O2S. The second kappa shape index (κ2) is 6.10. The van der Waals surface area contributed by atoms with Gasteiger partial charge in [0.05, 0.1) is 6.26 Å². The summed E-state index contributed by atoms with van der Waals surface area (Å²) >= 11 is 0. The van der Waals surface area contributed by atoms with E-state index in [2.05, 4.69) is 11.8 Å². The molecule has 0 bridgehead atoms. The lowest BCUT2D eigenvalue weighted by atomic mass is 9.85. The zero-order valence-corrected chi connectivity index (χ0v) is 13.3. The van der Waals surface area contributed by atoms with Crippen LogP contribution in [-0.2, 0) is 10.0 Å². The van der Waals surface area contributed by atoms with Crippen LogP contribution < -0.4 is 0 Å². The average Bonchev–Trinajstić information content (AvgIpc) is 2.38. The minimum Gasteiger partial charge on any atom is -0.300 e. The number of likely N-dealkylation sites (tertiary alicyclic amines) is 1. The van der Waals surface area contributed by atoms with Crippen molar-refractivity contribution in [2.75, 3.05) is 26.4 Å². The fourth-order valence-electron chi connectivity index (χ4n) is 3.49. The largest absolute Gasteiger partial charge is 0.300 e. The number of piperidine rings is 1. The van der Waals surface area contributed by atoms with E-state index in [-0.39, 0.29) is 6.04 Å². The predicted molar refractivity (Wildman–Crippen MR) is 78.6 cm³/mol. The van der Waals surface area contributed by atoms with Crippen LogP contribution in [0.5, 0.6) is 0 Å². The summed E-state index contributed by atoms with van der Waals surface area (Å²) in [6.45, 7) is 4.47. The Kier molecular flexibility index (Phi) is 4.90. The highest BCUT2D eigenvalue weighted by Gasteiger charge is 2.31. The van der Waals surface area contributed by atoms with Crippen molar-refractivity contribution in [3.63, 3.8) is 0 Å². The molecule has 2 aliphatic rings. The van der Waals surface area contributed by atoms with E-state index in [4.69, 9.17) is 0 Å². The topological polar surface area (TPSA) is 40.6 Å². The van der Waals surface area contributed by atoms with Crippen LogP contribution in [0.1, 0.15) is 45.4 Å². The van der Waals surface area contributed by atoms with E-state index < -0.39 is 10.0 Å². The van der Waals surface area contributed by atoms with Crippen molar-refractivity contribution in [2.45, 2.75) is 57.5 Å². The highest BCUT2D eigenvalue weighted by molar-refractivity contribution is 7.88. The first-order valence-electron chi connectivity index (χ1n) is 7.55. The Morgan fingerprint density at radius 1 is 1.00 bits per heavy atom. The molecule has 19 heavy (non-hydrogen) atoms. The van der Waals surface area contributed by atoms with Gasteiger partial charge in [0.2, 0.25) is 10.0 Å². The van der Waals surface area contributed by atoms with Crippen LogP contribution in [-0.4, -0.2) is 56.1 Å². The van der Waals surface area contributed by atoms with Crippen molar-refractivity contribution in [3.05, 3.63) is 0 Å². The van der Waals surface area contributed by atoms with Crippen molar-refractivity contribution >= 4 is 10.0 Å². The van der Waals surface area contributed by atoms with Crippen molar-refractivity contribution < 1.29 is 8.42 Å². The summed E-state index contributed by atoms with van der Waals surface area (Å²) in [5.74, 6) is 0.894. The molecule has 5 heteroatoms. The molecule has 0 spiro atoms. The lowest BCUT2D eigenvalue weighted by molar-refractivity contribution is 0.0932. The third-order valence-electron chi connectivity index (χ3n) is 5.04. The molecule has 0 unspecified atom stereocenters. The van der Waals surface area contributed by atoms with Crippen LogP contribution in [0.25, 0.3) is 0 Å². The van der Waals surface area contributed by atoms with Gasteiger partial charge in [0.1, 0.15) is 0 Å². The Hall–Kier alpha value is -0.130. The van der Waals surface area contributed by atoms with Gasteiger partial charge in [0, 0.05) is 19.1 Å². The van der Waals surface area contributed by atoms with Gasteiger partial charge in [-0.15, -0.1) is 0 Å². The number of sulfonamides is 1. The van der Waals surface area contributed by atoms with Gasteiger partial charge in [-0.1, -0.05) is 6.92 Å². The third kappa shape index (κ3) is 3.92. The lowest BCUT2D eigenvalue weighted by Crippen LogP contribution is -2.49. The van der Waals surface area contributed by atoms with Crippen LogP contribution in [0.15, 0.2) is 0 Å². The second-order valence-electron chi connectivity index (χ2n) is 6.46. The molecule has 2 fully saturated rings. The molecule has 0 aromatic carbocycles. The predicted octanol–water partition coefficient (Wildman–Crippen LogP) is 1.92. The van der Waals surface area contributed by atoms with Crippen molar-refractivity contribution in [3.8, 4) is 0 Å². The van der Waals surface area contributed by atoms with E-state index >= 15 is 0 Å². The average molecular weight is 288 g/mol. The van der Waals surface area contributed by atoms with Gasteiger partial charge in [-0.2, -0.15) is 0 Å². The van der Waals surface area contributed by atoms with Crippen LogP contribution in [0.4, 0.5) is 0 Å². The molecule has 1 aliphatic heterocycles. The number of hydrogen-bond donors (Lipinski definition) is 0. The van der Waals surface area contributed by atoms with Crippen molar-refractivity contribution in [1.29, 1.82) is 0 Å². The fourth-order valence-corrected chi connectivity index (χ4v) is 4.25. The summed E-state index contributed by atoms with van der Waals surface area (Å²) in [4.78, 5) is 2.60. The van der Waals surface area contributed by atoms with Gasteiger partial charge >= 0.3 is 0 Å². The Morgan fingerprint density at radius 3 is 2.00 bits per heavy atom. The summed E-state index contributed by atoms with van der Waals surface area (Å²) in [6.07, 6.45) is 8.64. The zero-order valence-electron chi connectivity index (χ0n) is 12.5. The number of nitrogens with zero attached hydrogens (tertiary/aromatic N) is 2. The number of hydrogen-bond acceptors (Lipinski definition) is 3. The van der Waals surface area contributed by atoms with Crippen LogP contribution >= 0.6 is 0 Å². The van der Waals surface area contributed by atoms with Gasteiger partial charge in [0.15, 0.2) is 0 Å². The highest BCUT2D eigenvalue weighted by Crippen LogP contribution is 2.29. The maximum absolute atomic E-state index is 11.6. The maximum atomic E-state index is 11.6. The molecule has 0 amide bonds. The summed E-state index contributed by atoms with van der Waals surface area (Å²) in [7, 11) is -1.32. The molecule has 1 saturated carbocycles. The molecule has 4 nitrogen and oxygen atoms in total. The normalized spacial score (nSPS) is 31.8. The van der Waals surface area contributed by atoms with Gasteiger partial charge < -0.3 is 4.90 Å². The number of rotatable bonds is 3. The molecule has 0 aromatic heterocycles. The van der Waals surface area contributed by atoms with Crippen LogP contribution in [0.2, 0.25) is 0 Å². The smallest absolute Gasteiger partial charge is 0.211 e. The zero-order chi connectivity index (χ0) is 14.0. The van der Waals surface area contributed by atoms with E-state index in [0.29, 0.717) is 0 Å². The third-order valence-corrected chi connectivity index (χ3v) is 6.38. The van der Waals surface area contributed by atoms with Crippen molar-refractivity contribution in [1.82, 2.24) is 9.21 Å². The van der Waals surface area contributed by atoms with E-state index in [1.165, 1.54) is 31.9 Å². The molecule has 0 N–H and O–H groups in total. The van der Waals surface area contributed by atoms with Gasteiger partial charge in [-0.3, -0.25) is 0 Å². The molecule has 2 rings (SSSR count). The Labute approximate surface area is 118 Å². The Balaban J connectivity index is 1.82. The first kappa shape index (κ1) is 15.3. The van der Waals surface area contributed by atoms with Crippen molar-refractivity contribution in [2.24, 2.45) is 5.92 Å². The minimum absolute atomic E-state index is 0.203. The summed E-state index contributed by atoms with van der Waals surface area (Å²) in [5, 5.41) is 0. The Bertz CT molecular complexity index is 380. The monoisotopic (exact) mass is 288 g/mol. The van der Waals surface area contributed by atoms with Crippen LogP contribution in [0, 0.1) is 5.92 Å². The van der Waals surface area contributed by atoms with E-state index in [1.807, 2.05) is 0 Å². The maximum Gasteiger partial charge on any atom is 0.211 e.